The molecule has 8 heteroatoms. The lowest BCUT2D eigenvalue weighted by atomic mass is 9.87. The summed E-state index contributed by atoms with van der Waals surface area (Å²) in [6.45, 7) is 4.37. The molecule has 0 aliphatic carbocycles. The molecule has 0 spiro atoms. The number of anilines is 1. The van der Waals surface area contributed by atoms with E-state index < -0.39 is 5.97 Å². The van der Waals surface area contributed by atoms with Gasteiger partial charge in [0.2, 0.25) is 0 Å². The Morgan fingerprint density at radius 3 is 2.79 bits per heavy atom. The molecule has 2 aliphatic rings. The highest BCUT2D eigenvalue weighted by Crippen LogP contribution is 2.28. The average molecular weight is 391 g/mol. The van der Waals surface area contributed by atoms with Crippen molar-refractivity contribution in [1.82, 2.24) is 9.80 Å². The summed E-state index contributed by atoms with van der Waals surface area (Å²) in [4.78, 5) is 28.1. The lowest BCUT2D eigenvalue weighted by Crippen LogP contribution is -2.55. The smallest absolute Gasteiger partial charge is 0.321 e. The van der Waals surface area contributed by atoms with Crippen LogP contribution in [-0.2, 0) is 9.53 Å². The maximum Gasteiger partial charge on any atom is 0.321 e. The molecule has 2 aliphatic heterocycles. The van der Waals surface area contributed by atoms with E-state index >= 15 is 0 Å². The lowest BCUT2D eigenvalue weighted by molar-refractivity contribution is -0.137. The molecule has 2 atom stereocenters. The number of benzene rings is 1. The minimum absolute atomic E-state index is 0.122. The number of hydrogen-bond acceptors (Lipinski definition) is 5. The van der Waals surface area contributed by atoms with E-state index in [0.717, 1.165) is 19.5 Å². The Morgan fingerprint density at radius 1 is 1.29 bits per heavy atom. The summed E-state index contributed by atoms with van der Waals surface area (Å²) in [7, 11) is 1.59. The Kier molecular flexibility index (Phi) is 7.11. The molecule has 2 amide bonds. The zero-order chi connectivity index (χ0) is 19.9. The van der Waals surface area contributed by atoms with Gasteiger partial charge >= 0.3 is 12.0 Å². The molecule has 2 heterocycles. The number of nitrogens with one attached hydrogen (secondary N) is 1. The summed E-state index contributed by atoms with van der Waals surface area (Å²) < 4.78 is 10.6. The fourth-order valence-corrected chi connectivity index (χ4v) is 4.09. The van der Waals surface area contributed by atoms with Crippen molar-refractivity contribution in [3.63, 3.8) is 0 Å². The lowest BCUT2D eigenvalue weighted by Gasteiger charge is -2.45. The van der Waals surface area contributed by atoms with Crippen molar-refractivity contribution >= 4 is 17.7 Å². The molecule has 1 aromatic carbocycles. The number of amides is 2. The van der Waals surface area contributed by atoms with E-state index in [4.69, 9.17) is 14.6 Å². The van der Waals surface area contributed by atoms with Gasteiger partial charge in [0.1, 0.15) is 5.75 Å². The maximum atomic E-state index is 12.8. The van der Waals surface area contributed by atoms with Gasteiger partial charge in [0, 0.05) is 50.4 Å². The van der Waals surface area contributed by atoms with Gasteiger partial charge in [-0.05, 0) is 30.9 Å². The SMILES string of the molecule is COc1cccc(NC(=O)N2CC[C@H](N3CCOCC3)[C@H](CCC(=O)O)C2)c1. The van der Waals surface area contributed by atoms with Crippen molar-refractivity contribution in [2.45, 2.75) is 25.3 Å². The Labute approximate surface area is 165 Å². The zero-order valence-electron chi connectivity index (χ0n) is 16.3. The van der Waals surface area contributed by atoms with E-state index in [0.29, 0.717) is 50.2 Å². The van der Waals surface area contributed by atoms with Crippen LogP contribution in [0.5, 0.6) is 5.75 Å². The monoisotopic (exact) mass is 391 g/mol. The van der Waals surface area contributed by atoms with Crippen molar-refractivity contribution in [3.05, 3.63) is 24.3 Å². The van der Waals surface area contributed by atoms with Gasteiger partial charge in [0.15, 0.2) is 0 Å². The summed E-state index contributed by atoms with van der Waals surface area (Å²) in [5.41, 5.74) is 0.682. The number of ether oxygens (including phenoxy) is 2. The van der Waals surface area contributed by atoms with Gasteiger partial charge in [-0.15, -0.1) is 0 Å². The number of aliphatic carboxylic acids is 1. The molecule has 0 aromatic heterocycles. The van der Waals surface area contributed by atoms with E-state index in [2.05, 4.69) is 10.2 Å². The number of likely N-dealkylation sites (tertiary alicyclic amines) is 1. The van der Waals surface area contributed by atoms with Crippen molar-refractivity contribution in [2.24, 2.45) is 5.92 Å². The van der Waals surface area contributed by atoms with Gasteiger partial charge in [0.25, 0.3) is 0 Å². The van der Waals surface area contributed by atoms with Gasteiger partial charge < -0.3 is 24.8 Å². The van der Waals surface area contributed by atoms with Crippen LogP contribution in [0.3, 0.4) is 0 Å². The Morgan fingerprint density at radius 2 is 2.07 bits per heavy atom. The Hall–Kier alpha value is -2.32. The summed E-state index contributed by atoms with van der Waals surface area (Å²) >= 11 is 0. The van der Waals surface area contributed by atoms with Gasteiger partial charge in [-0.2, -0.15) is 0 Å². The first-order valence-corrected chi connectivity index (χ1v) is 9.80. The second-order valence-corrected chi connectivity index (χ2v) is 7.30. The van der Waals surface area contributed by atoms with Gasteiger partial charge in [-0.1, -0.05) is 6.07 Å². The van der Waals surface area contributed by atoms with E-state index in [-0.39, 0.29) is 18.4 Å². The van der Waals surface area contributed by atoms with Crippen LogP contribution in [0.1, 0.15) is 19.3 Å². The third-order valence-electron chi connectivity index (χ3n) is 5.55. The van der Waals surface area contributed by atoms with Gasteiger partial charge in [-0.3, -0.25) is 9.69 Å². The van der Waals surface area contributed by atoms with Crippen LogP contribution in [0.4, 0.5) is 10.5 Å². The fraction of sp³-hybridized carbons (Fsp3) is 0.600. The van der Waals surface area contributed by atoms with Crippen molar-refractivity contribution < 1.29 is 24.2 Å². The highest BCUT2D eigenvalue weighted by Gasteiger charge is 2.35. The summed E-state index contributed by atoms with van der Waals surface area (Å²) in [6, 6.07) is 7.39. The first kappa shape index (κ1) is 20.4. The van der Waals surface area contributed by atoms with Crippen LogP contribution in [0.15, 0.2) is 24.3 Å². The summed E-state index contributed by atoms with van der Waals surface area (Å²) in [5.74, 6) is 0.0286. The molecule has 0 unspecified atom stereocenters. The molecule has 0 radical (unpaired) electrons. The number of rotatable bonds is 6. The molecule has 0 bridgehead atoms. The van der Waals surface area contributed by atoms with E-state index in [1.54, 1.807) is 18.1 Å². The molecule has 28 heavy (non-hydrogen) atoms. The van der Waals surface area contributed by atoms with E-state index in [1.807, 2.05) is 18.2 Å². The Bertz CT molecular complexity index is 678. The summed E-state index contributed by atoms with van der Waals surface area (Å²) in [5, 5.41) is 12.0. The first-order chi connectivity index (χ1) is 13.6. The normalized spacial score (nSPS) is 23.2. The number of piperidine rings is 1. The third kappa shape index (κ3) is 5.36. The average Bonchev–Trinajstić information content (AvgIpc) is 2.72. The van der Waals surface area contributed by atoms with Crippen LogP contribution in [0.2, 0.25) is 0 Å². The van der Waals surface area contributed by atoms with Crippen LogP contribution in [0, 0.1) is 5.92 Å². The molecule has 2 saturated heterocycles. The fourth-order valence-electron chi connectivity index (χ4n) is 4.09. The number of carbonyl (C=O) groups excluding carboxylic acids is 1. The number of nitrogens with zero attached hydrogens (tertiary/aromatic N) is 2. The second-order valence-electron chi connectivity index (χ2n) is 7.30. The highest BCUT2D eigenvalue weighted by atomic mass is 16.5. The minimum Gasteiger partial charge on any atom is -0.497 e. The van der Waals surface area contributed by atoms with Crippen LogP contribution < -0.4 is 10.1 Å². The van der Waals surface area contributed by atoms with Gasteiger partial charge in [0.05, 0.1) is 20.3 Å². The Balaban J connectivity index is 1.64. The molecule has 154 valence electrons. The predicted octanol–water partition coefficient (Wildman–Crippen LogP) is 2.11. The van der Waals surface area contributed by atoms with Crippen LogP contribution in [-0.4, -0.2) is 79.5 Å². The first-order valence-electron chi connectivity index (χ1n) is 9.80. The second kappa shape index (κ2) is 9.75. The molecule has 0 saturated carbocycles. The number of hydrogen-bond donors (Lipinski definition) is 2. The third-order valence-corrected chi connectivity index (χ3v) is 5.55. The zero-order valence-corrected chi connectivity index (χ0v) is 16.3. The topological polar surface area (TPSA) is 91.3 Å². The number of morpholine rings is 1. The minimum atomic E-state index is -0.793. The van der Waals surface area contributed by atoms with Crippen LogP contribution >= 0.6 is 0 Å². The maximum absolute atomic E-state index is 12.8. The molecule has 3 rings (SSSR count). The van der Waals surface area contributed by atoms with Crippen molar-refractivity contribution in [3.8, 4) is 5.75 Å². The van der Waals surface area contributed by atoms with Crippen molar-refractivity contribution in [1.29, 1.82) is 0 Å². The standard InChI is InChI=1S/C20H29N3O5/c1-27-17-4-2-3-16(13-17)21-20(26)23-8-7-18(22-9-11-28-12-10-22)15(14-23)5-6-19(24)25/h2-4,13,15,18H,5-12,14H2,1H3,(H,21,26)(H,24,25)/t15-,18+/m1/s1. The molecular weight excluding hydrogens is 362 g/mol. The molecule has 8 nitrogen and oxygen atoms in total. The van der Waals surface area contributed by atoms with E-state index in [1.165, 1.54) is 0 Å². The molecule has 2 fully saturated rings. The highest BCUT2D eigenvalue weighted by molar-refractivity contribution is 5.89. The predicted molar refractivity (Wildman–Crippen MR) is 105 cm³/mol. The van der Waals surface area contributed by atoms with Gasteiger partial charge in [-0.25, -0.2) is 4.79 Å². The molecular formula is C20H29N3O5. The number of carboxylic acids is 1. The largest absolute Gasteiger partial charge is 0.497 e. The quantitative estimate of drug-likeness (QED) is 0.772. The number of carboxylic acid groups (broad SMARTS) is 1. The summed E-state index contributed by atoms with van der Waals surface area (Å²) in [6.07, 6.45) is 1.53. The van der Waals surface area contributed by atoms with E-state index in [9.17, 15) is 9.59 Å². The van der Waals surface area contributed by atoms with Crippen molar-refractivity contribution in [2.75, 3.05) is 51.8 Å². The number of urea groups is 1. The molecule has 2 N–H and O–H groups in total. The van der Waals surface area contributed by atoms with Crippen LogP contribution in [0.25, 0.3) is 0 Å². The molecule has 1 aromatic rings. The number of methoxy groups -OCH3 is 1. The number of carbonyl (C=O) groups is 2.